The third-order valence-corrected chi connectivity index (χ3v) is 6.44. The highest BCUT2D eigenvalue weighted by Gasteiger charge is 2.38. The molecule has 0 unspecified atom stereocenters. The van der Waals surface area contributed by atoms with Crippen molar-refractivity contribution >= 4 is 38.9 Å². The number of carbonyl (C=O) groups excluding carboxylic acids is 1. The van der Waals surface area contributed by atoms with Crippen LogP contribution in [0.1, 0.15) is 19.4 Å². The zero-order chi connectivity index (χ0) is 20.6. The van der Waals surface area contributed by atoms with Gasteiger partial charge in [0.25, 0.3) is 5.91 Å². The van der Waals surface area contributed by atoms with E-state index >= 15 is 0 Å². The summed E-state index contributed by atoms with van der Waals surface area (Å²) in [5.74, 6) is 0.148. The second-order valence-electron chi connectivity index (χ2n) is 6.94. The molecule has 0 aliphatic carbocycles. The number of benzene rings is 2. The standard InChI is InChI=1S/C20H23ClN2O4S/c1-13-11-15-7-5-6-8-18(15)22(13)20(24)14(2)23(28(4,25)26)16-9-10-19(27-3)17(21)12-16/h5-10,12-14H,11H2,1-4H3/t13-,14-/m0/s1. The molecule has 6 nitrogen and oxygen atoms in total. The van der Waals surface area contributed by atoms with Crippen LogP contribution in [-0.4, -0.2) is 39.8 Å². The summed E-state index contributed by atoms with van der Waals surface area (Å²) in [6, 6.07) is 11.4. The molecular weight excluding hydrogens is 400 g/mol. The first-order chi connectivity index (χ1) is 13.1. The summed E-state index contributed by atoms with van der Waals surface area (Å²) in [5.41, 5.74) is 2.22. The van der Waals surface area contributed by atoms with Crippen LogP contribution in [0.2, 0.25) is 5.02 Å². The van der Waals surface area contributed by atoms with Crippen molar-refractivity contribution < 1.29 is 17.9 Å². The molecule has 0 radical (unpaired) electrons. The quantitative estimate of drug-likeness (QED) is 0.739. The van der Waals surface area contributed by atoms with Crippen molar-refractivity contribution in [1.82, 2.24) is 0 Å². The summed E-state index contributed by atoms with van der Waals surface area (Å²) in [6.45, 7) is 3.55. The second-order valence-corrected chi connectivity index (χ2v) is 9.21. The molecule has 8 heteroatoms. The van der Waals surface area contributed by atoms with Crippen LogP contribution >= 0.6 is 11.6 Å². The van der Waals surface area contributed by atoms with Gasteiger partial charge in [-0.3, -0.25) is 9.10 Å². The summed E-state index contributed by atoms with van der Waals surface area (Å²) in [4.78, 5) is 15.0. The minimum atomic E-state index is -3.74. The summed E-state index contributed by atoms with van der Waals surface area (Å²) < 4.78 is 31.4. The monoisotopic (exact) mass is 422 g/mol. The number of rotatable bonds is 5. The van der Waals surface area contributed by atoms with E-state index in [1.165, 1.54) is 13.2 Å². The molecule has 0 N–H and O–H groups in total. The zero-order valence-electron chi connectivity index (χ0n) is 16.2. The average Bonchev–Trinajstić information content (AvgIpc) is 2.95. The molecule has 1 aliphatic rings. The minimum Gasteiger partial charge on any atom is -0.495 e. The Bertz CT molecular complexity index is 1010. The number of anilines is 2. The predicted octanol–water partition coefficient (Wildman–Crippen LogP) is 3.48. The van der Waals surface area contributed by atoms with E-state index in [0.717, 1.165) is 28.2 Å². The van der Waals surface area contributed by atoms with Gasteiger partial charge in [-0.2, -0.15) is 0 Å². The molecule has 0 aromatic heterocycles. The smallest absolute Gasteiger partial charge is 0.250 e. The topological polar surface area (TPSA) is 66.9 Å². The van der Waals surface area contributed by atoms with E-state index in [0.29, 0.717) is 11.4 Å². The zero-order valence-corrected chi connectivity index (χ0v) is 17.8. The molecule has 3 rings (SSSR count). The molecule has 28 heavy (non-hydrogen) atoms. The van der Waals surface area contributed by atoms with E-state index < -0.39 is 16.1 Å². The summed E-state index contributed by atoms with van der Waals surface area (Å²) in [7, 11) is -2.26. The van der Waals surface area contributed by atoms with E-state index in [4.69, 9.17) is 16.3 Å². The van der Waals surface area contributed by atoms with E-state index in [1.807, 2.05) is 31.2 Å². The van der Waals surface area contributed by atoms with Gasteiger partial charge in [0.2, 0.25) is 10.0 Å². The molecule has 2 atom stereocenters. The van der Waals surface area contributed by atoms with Crippen molar-refractivity contribution in [3.63, 3.8) is 0 Å². The van der Waals surface area contributed by atoms with Crippen LogP contribution in [0.4, 0.5) is 11.4 Å². The lowest BCUT2D eigenvalue weighted by Crippen LogP contribution is -2.51. The molecule has 0 saturated carbocycles. The molecule has 2 aromatic rings. The Labute approximate surface area is 170 Å². The Hall–Kier alpha value is -2.25. The lowest BCUT2D eigenvalue weighted by Gasteiger charge is -2.33. The number of halogens is 1. The van der Waals surface area contributed by atoms with Gasteiger partial charge in [0.15, 0.2) is 0 Å². The first kappa shape index (κ1) is 20.5. The minimum absolute atomic E-state index is 0.0479. The fourth-order valence-electron chi connectivity index (χ4n) is 3.70. The van der Waals surface area contributed by atoms with E-state index in [1.54, 1.807) is 24.0 Å². The number of hydrogen-bond donors (Lipinski definition) is 0. The van der Waals surface area contributed by atoms with Gasteiger partial charge in [-0.1, -0.05) is 29.8 Å². The molecule has 1 aliphatic heterocycles. The van der Waals surface area contributed by atoms with Gasteiger partial charge in [0.1, 0.15) is 11.8 Å². The first-order valence-corrected chi connectivity index (χ1v) is 11.1. The maximum atomic E-state index is 13.4. The SMILES string of the molecule is COc1ccc(N([C@@H](C)C(=O)N2c3ccccc3C[C@@H]2C)S(C)(=O)=O)cc1Cl. The first-order valence-electron chi connectivity index (χ1n) is 8.89. The van der Waals surface area contributed by atoms with Crippen LogP contribution in [0, 0.1) is 0 Å². The number of para-hydroxylation sites is 1. The summed E-state index contributed by atoms with van der Waals surface area (Å²) >= 11 is 6.18. The van der Waals surface area contributed by atoms with Gasteiger partial charge in [-0.25, -0.2) is 8.42 Å². The van der Waals surface area contributed by atoms with Crippen LogP contribution in [0.15, 0.2) is 42.5 Å². The van der Waals surface area contributed by atoms with Gasteiger partial charge in [-0.15, -0.1) is 0 Å². The normalized spacial score (nSPS) is 17.2. The lowest BCUT2D eigenvalue weighted by atomic mass is 10.1. The fourth-order valence-corrected chi connectivity index (χ4v) is 5.11. The highest BCUT2D eigenvalue weighted by atomic mass is 35.5. The second kappa shape index (κ2) is 7.64. The van der Waals surface area contributed by atoms with Crippen LogP contribution < -0.4 is 13.9 Å². The number of sulfonamides is 1. The third kappa shape index (κ3) is 3.69. The van der Waals surface area contributed by atoms with E-state index in [9.17, 15) is 13.2 Å². The number of ether oxygens (including phenoxy) is 1. The van der Waals surface area contributed by atoms with Crippen LogP contribution in [-0.2, 0) is 21.2 Å². The molecule has 1 heterocycles. The number of amides is 1. The predicted molar refractivity (Wildman–Crippen MR) is 112 cm³/mol. The Morgan fingerprint density at radius 2 is 1.96 bits per heavy atom. The number of fused-ring (bicyclic) bond motifs is 1. The maximum absolute atomic E-state index is 13.4. The molecule has 1 amide bonds. The number of methoxy groups -OCH3 is 1. The molecule has 0 fully saturated rings. The number of nitrogens with zero attached hydrogens (tertiary/aromatic N) is 2. The van der Waals surface area contributed by atoms with Crippen molar-refractivity contribution in [3.05, 3.63) is 53.1 Å². The largest absolute Gasteiger partial charge is 0.495 e. The van der Waals surface area contributed by atoms with Gasteiger partial charge < -0.3 is 9.64 Å². The average molecular weight is 423 g/mol. The van der Waals surface area contributed by atoms with Crippen molar-refractivity contribution in [2.24, 2.45) is 0 Å². The van der Waals surface area contributed by atoms with Gasteiger partial charge >= 0.3 is 0 Å². The highest BCUT2D eigenvalue weighted by Crippen LogP contribution is 2.35. The van der Waals surface area contributed by atoms with Gasteiger partial charge in [0, 0.05) is 11.7 Å². The maximum Gasteiger partial charge on any atom is 0.250 e. The van der Waals surface area contributed by atoms with Crippen LogP contribution in [0.3, 0.4) is 0 Å². The molecule has 0 saturated heterocycles. The third-order valence-electron chi connectivity index (χ3n) is 4.90. The molecule has 0 spiro atoms. The summed E-state index contributed by atoms with van der Waals surface area (Å²) in [6.07, 6.45) is 1.82. The fraction of sp³-hybridized carbons (Fsp3) is 0.350. The molecule has 150 valence electrons. The highest BCUT2D eigenvalue weighted by molar-refractivity contribution is 7.92. The van der Waals surface area contributed by atoms with Crippen molar-refractivity contribution in [2.45, 2.75) is 32.4 Å². The van der Waals surface area contributed by atoms with Gasteiger partial charge in [0.05, 0.1) is 24.1 Å². The number of carbonyl (C=O) groups is 1. The number of hydrogen-bond acceptors (Lipinski definition) is 4. The molecular formula is C20H23ClN2O4S. The van der Waals surface area contributed by atoms with Gasteiger partial charge in [-0.05, 0) is 50.1 Å². The van der Waals surface area contributed by atoms with E-state index in [-0.39, 0.29) is 17.0 Å². The Kier molecular flexibility index (Phi) is 5.59. The van der Waals surface area contributed by atoms with Crippen LogP contribution in [0.5, 0.6) is 5.75 Å². The lowest BCUT2D eigenvalue weighted by molar-refractivity contribution is -0.119. The van der Waals surface area contributed by atoms with Crippen molar-refractivity contribution in [3.8, 4) is 5.75 Å². The molecule has 0 bridgehead atoms. The van der Waals surface area contributed by atoms with E-state index in [2.05, 4.69) is 0 Å². The molecule has 2 aromatic carbocycles. The summed E-state index contributed by atoms with van der Waals surface area (Å²) in [5, 5.41) is 0.271. The van der Waals surface area contributed by atoms with Crippen LogP contribution in [0.25, 0.3) is 0 Å². The van der Waals surface area contributed by atoms with Crippen molar-refractivity contribution in [2.75, 3.05) is 22.6 Å². The Morgan fingerprint density at radius 1 is 1.29 bits per heavy atom. The van der Waals surface area contributed by atoms with Crippen molar-refractivity contribution in [1.29, 1.82) is 0 Å². The Morgan fingerprint density at radius 3 is 2.57 bits per heavy atom. The Balaban J connectivity index is 2.00.